The van der Waals surface area contributed by atoms with Crippen molar-refractivity contribution in [2.45, 2.75) is 19.5 Å². The third kappa shape index (κ3) is 0.783. The van der Waals surface area contributed by atoms with Crippen molar-refractivity contribution >= 4 is 6.29 Å². The minimum Gasteiger partial charge on any atom is -0.317 e. The summed E-state index contributed by atoms with van der Waals surface area (Å²) in [6, 6.07) is 0. The van der Waals surface area contributed by atoms with Gasteiger partial charge in [-0.2, -0.15) is 0 Å². The summed E-state index contributed by atoms with van der Waals surface area (Å²) in [5.41, 5.74) is 0. The topological polar surface area (TPSA) is 35.5 Å². The lowest BCUT2D eigenvalue weighted by molar-refractivity contribution is -0.352. The molecule has 0 radical (unpaired) electrons. The molecule has 1 heterocycles. The Labute approximate surface area is 41.2 Å². The van der Waals surface area contributed by atoms with Gasteiger partial charge in [0.05, 0.1) is 0 Å². The minimum absolute atomic E-state index is 0.185. The van der Waals surface area contributed by atoms with E-state index in [9.17, 15) is 4.79 Å². The van der Waals surface area contributed by atoms with Gasteiger partial charge >= 0.3 is 0 Å². The minimum atomic E-state index is -0.588. The van der Waals surface area contributed by atoms with Crippen molar-refractivity contribution in [3.8, 4) is 0 Å². The fraction of sp³-hybridized carbons (Fsp3) is 0.750. The fourth-order valence-corrected chi connectivity index (χ4v) is 0.452. The van der Waals surface area contributed by atoms with E-state index in [1.165, 1.54) is 0 Å². The molecule has 1 saturated heterocycles. The van der Waals surface area contributed by atoms with Gasteiger partial charge in [0.2, 0.25) is 6.29 Å². The maximum absolute atomic E-state index is 9.68. The summed E-state index contributed by atoms with van der Waals surface area (Å²) in [4.78, 5) is 9.68. The highest BCUT2D eigenvalue weighted by Gasteiger charge is 2.25. The molecule has 0 spiro atoms. The molecule has 0 aromatic carbocycles. The number of hydrogen-bond acceptors (Lipinski definition) is 3. The Morgan fingerprint density at radius 2 is 2.14 bits per heavy atom. The van der Waals surface area contributed by atoms with Crippen LogP contribution in [-0.4, -0.2) is 18.9 Å². The van der Waals surface area contributed by atoms with E-state index in [0.717, 1.165) is 0 Å². The molecule has 0 aliphatic carbocycles. The Morgan fingerprint density at radius 1 is 1.57 bits per heavy atom. The van der Waals surface area contributed by atoms with Gasteiger partial charge in [0.1, 0.15) is 0 Å². The first-order valence-corrected chi connectivity index (χ1v) is 2.09. The van der Waals surface area contributed by atoms with Crippen LogP contribution in [-0.2, 0) is 14.3 Å². The molecule has 0 N–H and O–H groups in total. The van der Waals surface area contributed by atoms with E-state index in [4.69, 9.17) is 9.47 Å². The molecule has 0 unspecified atom stereocenters. The molecule has 1 rings (SSSR count). The second kappa shape index (κ2) is 1.60. The third-order valence-corrected chi connectivity index (χ3v) is 0.763. The van der Waals surface area contributed by atoms with E-state index in [0.29, 0.717) is 6.29 Å². The molecule has 0 aromatic heterocycles. The van der Waals surface area contributed by atoms with Crippen molar-refractivity contribution in [2.75, 3.05) is 0 Å². The molecule has 3 nitrogen and oxygen atoms in total. The van der Waals surface area contributed by atoms with E-state index >= 15 is 0 Å². The van der Waals surface area contributed by atoms with Crippen LogP contribution in [0, 0.1) is 0 Å². The SMILES string of the molecule is CC1OC(C=O)O1. The van der Waals surface area contributed by atoms with E-state index in [-0.39, 0.29) is 6.29 Å². The highest BCUT2D eigenvalue weighted by atomic mass is 16.9. The first-order chi connectivity index (χ1) is 3.33. The van der Waals surface area contributed by atoms with Gasteiger partial charge in [-0.15, -0.1) is 0 Å². The van der Waals surface area contributed by atoms with Crippen molar-refractivity contribution in [1.82, 2.24) is 0 Å². The molecule has 7 heavy (non-hydrogen) atoms. The zero-order valence-electron chi connectivity index (χ0n) is 3.96. The van der Waals surface area contributed by atoms with Gasteiger partial charge in [-0.1, -0.05) is 0 Å². The van der Waals surface area contributed by atoms with Crippen LogP contribution in [0.15, 0.2) is 0 Å². The number of hydrogen-bond donors (Lipinski definition) is 0. The quantitative estimate of drug-likeness (QED) is 0.434. The molecule has 0 amide bonds. The Morgan fingerprint density at radius 3 is 2.29 bits per heavy atom. The summed E-state index contributed by atoms with van der Waals surface area (Å²) in [6.07, 6.45) is -0.148. The van der Waals surface area contributed by atoms with Crippen LogP contribution in [0.4, 0.5) is 0 Å². The van der Waals surface area contributed by atoms with Crippen molar-refractivity contribution in [1.29, 1.82) is 0 Å². The normalized spacial score (nSPS) is 39.6. The van der Waals surface area contributed by atoms with Crippen molar-refractivity contribution in [2.24, 2.45) is 0 Å². The Bertz CT molecular complexity index is 75.0. The maximum Gasteiger partial charge on any atom is 0.219 e. The van der Waals surface area contributed by atoms with Crippen LogP contribution in [0.1, 0.15) is 6.92 Å². The molecular weight excluding hydrogens is 96.0 g/mol. The van der Waals surface area contributed by atoms with Gasteiger partial charge in [0, 0.05) is 0 Å². The third-order valence-electron chi connectivity index (χ3n) is 0.763. The van der Waals surface area contributed by atoms with Gasteiger partial charge in [0.15, 0.2) is 12.6 Å². The lowest BCUT2D eigenvalue weighted by Gasteiger charge is -2.29. The molecule has 1 aliphatic heterocycles. The van der Waals surface area contributed by atoms with Gasteiger partial charge in [0.25, 0.3) is 0 Å². The van der Waals surface area contributed by atoms with E-state index in [1.807, 2.05) is 0 Å². The number of carbonyl (C=O) groups is 1. The van der Waals surface area contributed by atoms with Gasteiger partial charge < -0.3 is 9.47 Å². The molecule has 0 saturated carbocycles. The number of rotatable bonds is 1. The standard InChI is InChI=1S/C4H6O3/c1-3-6-4(2-5)7-3/h2-4H,1H3. The Balaban J connectivity index is 2.17. The molecule has 3 heteroatoms. The van der Waals surface area contributed by atoms with Crippen LogP contribution < -0.4 is 0 Å². The van der Waals surface area contributed by atoms with Crippen molar-refractivity contribution < 1.29 is 14.3 Å². The monoisotopic (exact) mass is 102 g/mol. The first kappa shape index (κ1) is 4.74. The predicted octanol–water partition coefficient (Wildman–Crippen LogP) is -0.0958. The van der Waals surface area contributed by atoms with Crippen LogP contribution >= 0.6 is 0 Å². The van der Waals surface area contributed by atoms with E-state index < -0.39 is 6.29 Å². The van der Waals surface area contributed by atoms with E-state index in [1.54, 1.807) is 6.92 Å². The Kier molecular flexibility index (Phi) is 1.08. The highest BCUT2D eigenvalue weighted by Crippen LogP contribution is 2.12. The molecule has 40 valence electrons. The van der Waals surface area contributed by atoms with Gasteiger partial charge in [-0.3, -0.25) is 4.79 Å². The number of aldehydes is 1. The smallest absolute Gasteiger partial charge is 0.219 e. The predicted molar refractivity (Wildman–Crippen MR) is 21.5 cm³/mol. The maximum atomic E-state index is 9.68. The van der Waals surface area contributed by atoms with Crippen molar-refractivity contribution in [3.63, 3.8) is 0 Å². The van der Waals surface area contributed by atoms with Crippen molar-refractivity contribution in [3.05, 3.63) is 0 Å². The van der Waals surface area contributed by atoms with Crippen LogP contribution in [0.2, 0.25) is 0 Å². The molecule has 1 aliphatic rings. The summed E-state index contributed by atoms with van der Waals surface area (Å²) in [5.74, 6) is 0. The highest BCUT2D eigenvalue weighted by molar-refractivity contribution is 5.54. The fourth-order valence-electron chi connectivity index (χ4n) is 0.452. The average Bonchev–Trinajstić information content (AvgIpc) is 1.58. The molecule has 0 bridgehead atoms. The second-order valence-corrected chi connectivity index (χ2v) is 1.34. The molecule has 1 fully saturated rings. The molecule has 0 aromatic rings. The first-order valence-electron chi connectivity index (χ1n) is 2.09. The average molecular weight is 102 g/mol. The van der Waals surface area contributed by atoms with Gasteiger partial charge in [-0.25, -0.2) is 0 Å². The number of carbonyl (C=O) groups excluding carboxylic acids is 1. The zero-order chi connectivity index (χ0) is 5.28. The lowest BCUT2D eigenvalue weighted by Crippen LogP contribution is -2.39. The van der Waals surface area contributed by atoms with Crippen LogP contribution in [0.25, 0.3) is 0 Å². The van der Waals surface area contributed by atoms with Crippen LogP contribution in [0.5, 0.6) is 0 Å². The largest absolute Gasteiger partial charge is 0.317 e. The van der Waals surface area contributed by atoms with E-state index in [2.05, 4.69) is 0 Å². The number of ether oxygens (including phenoxy) is 2. The summed E-state index contributed by atoms with van der Waals surface area (Å²) >= 11 is 0. The molecular formula is C4H6O3. The summed E-state index contributed by atoms with van der Waals surface area (Å²) in [6.45, 7) is 1.74. The summed E-state index contributed by atoms with van der Waals surface area (Å²) in [7, 11) is 0. The zero-order valence-corrected chi connectivity index (χ0v) is 3.96. The summed E-state index contributed by atoms with van der Waals surface area (Å²) < 4.78 is 9.40. The Hall–Kier alpha value is -0.410. The summed E-state index contributed by atoms with van der Waals surface area (Å²) in [5, 5.41) is 0. The second-order valence-electron chi connectivity index (χ2n) is 1.34. The van der Waals surface area contributed by atoms with Gasteiger partial charge in [-0.05, 0) is 6.92 Å². The lowest BCUT2D eigenvalue weighted by atomic mass is 10.6. The van der Waals surface area contributed by atoms with Crippen LogP contribution in [0.3, 0.4) is 0 Å². The molecule has 0 atom stereocenters.